The van der Waals surface area contributed by atoms with E-state index in [9.17, 15) is 21.6 Å². The van der Waals surface area contributed by atoms with E-state index in [1.54, 1.807) is 0 Å². The molecular formula is C6H11F3O5S. The topological polar surface area (TPSA) is 61.8 Å². The highest BCUT2D eigenvalue weighted by atomic mass is 32.2. The molecule has 0 fully saturated rings. The number of alkyl halides is 3. The Morgan fingerprint density at radius 3 is 1.80 bits per heavy atom. The summed E-state index contributed by atoms with van der Waals surface area (Å²) < 4.78 is 69.2. The van der Waals surface area contributed by atoms with Crippen LogP contribution in [0.3, 0.4) is 0 Å². The van der Waals surface area contributed by atoms with Gasteiger partial charge < -0.3 is 9.47 Å². The van der Waals surface area contributed by atoms with Crippen LogP contribution in [-0.2, 0) is 23.8 Å². The van der Waals surface area contributed by atoms with E-state index in [2.05, 4.69) is 13.7 Å². The minimum Gasteiger partial charge on any atom is -0.329 e. The van der Waals surface area contributed by atoms with Crippen molar-refractivity contribution in [3.05, 3.63) is 0 Å². The van der Waals surface area contributed by atoms with Crippen molar-refractivity contribution in [1.82, 2.24) is 0 Å². The van der Waals surface area contributed by atoms with Gasteiger partial charge in [0.25, 0.3) is 6.48 Å². The number of halogens is 3. The van der Waals surface area contributed by atoms with Gasteiger partial charge in [-0.15, -0.1) is 0 Å². The van der Waals surface area contributed by atoms with Gasteiger partial charge in [-0.25, -0.2) is 4.18 Å². The quantitative estimate of drug-likeness (QED) is 0.404. The van der Waals surface area contributed by atoms with Crippen molar-refractivity contribution >= 4 is 10.1 Å². The molecular weight excluding hydrogens is 241 g/mol. The zero-order chi connectivity index (χ0) is 12.1. The molecule has 92 valence electrons. The number of rotatable bonds is 6. The maximum atomic E-state index is 11.9. The van der Waals surface area contributed by atoms with Crippen molar-refractivity contribution in [2.24, 2.45) is 0 Å². The minimum atomic E-state index is -5.69. The number of hydrogen-bond donors (Lipinski definition) is 0. The third-order valence-corrected chi connectivity index (χ3v) is 2.07. The molecule has 0 atom stereocenters. The average molecular weight is 252 g/mol. The Morgan fingerprint density at radius 1 is 1.13 bits per heavy atom. The molecule has 0 rings (SSSR count). The summed E-state index contributed by atoms with van der Waals surface area (Å²) in [7, 11) is -5.69. The van der Waals surface area contributed by atoms with Gasteiger partial charge >= 0.3 is 15.6 Å². The fourth-order valence-corrected chi connectivity index (χ4v) is 0.961. The lowest BCUT2D eigenvalue weighted by Gasteiger charge is -2.17. The number of ether oxygens (including phenoxy) is 2. The Hall–Kier alpha value is -0.380. The van der Waals surface area contributed by atoms with Crippen LogP contribution in [0.1, 0.15) is 13.8 Å². The highest BCUT2D eigenvalue weighted by molar-refractivity contribution is 7.87. The summed E-state index contributed by atoms with van der Waals surface area (Å²) in [4.78, 5) is 0. The van der Waals surface area contributed by atoms with E-state index in [-0.39, 0.29) is 13.2 Å². The lowest BCUT2D eigenvalue weighted by Crippen LogP contribution is -2.32. The molecule has 0 unspecified atom stereocenters. The molecule has 0 aromatic heterocycles. The molecule has 0 amide bonds. The molecule has 0 aliphatic heterocycles. The van der Waals surface area contributed by atoms with E-state index >= 15 is 0 Å². The van der Waals surface area contributed by atoms with Gasteiger partial charge in [-0.2, -0.15) is 21.6 Å². The van der Waals surface area contributed by atoms with E-state index in [1.807, 2.05) is 0 Å². The van der Waals surface area contributed by atoms with Crippen LogP contribution in [0.25, 0.3) is 0 Å². The van der Waals surface area contributed by atoms with Crippen molar-refractivity contribution in [2.45, 2.75) is 25.8 Å². The van der Waals surface area contributed by atoms with Crippen molar-refractivity contribution in [1.29, 1.82) is 0 Å². The standard InChI is InChI=1S/C6H11F3O5S/c1-3-12-5(13-4-2)14-15(10,11)6(7,8)9/h5H,3-4H2,1-2H3. The van der Waals surface area contributed by atoms with E-state index in [0.717, 1.165) is 0 Å². The van der Waals surface area contributed by atoms with Crippen LogP contribution < -0.4 is 0 Å². The van der Waals surface area contributed by atoms with Crippen LogP contribution in [0.5, 0.6) is 0 Å². The lowest BCUT2D eigenvalue weighted by molar-refractivity contribution is -0.245. The summed E-state index contributed by atoms with van der Waals surface area (Å²) in [6.45, 7) is 0.952. The van der Waals surface area contributed by atoms with Gasteiger partial charge in [0.05, 0.1) is 0 Å². The first kappa shape index (κ1) is 14.6. The largest absolute Gasteiger partial charge is 0.523 e. The highest BCUT2D eigenvalue weighted by Crippen LogP contribution is 2.26. The molecule has 0 bridgehead atoms. The summed E-state index contributed by atoms with van der Waals surface area (Å²) in [6.07, 6.45) is 0. The van der Waals surface area contributed by atoms with Crippen molar-refractivity contribution in [3.63, 3.8) is 0 Å². The van der Waals surface area contributed by atoms with Crippen molar-refractivity contribution in [2.75, 3.05) is 13.2 Å². The molecule has 0 aromatic rings. The third-order valence-electron chi connectivity index (χ3n) is 1.09. The van der Waals surface area contributed by atoms with Crippen LogP contribution >= 0.6 is 0 Å². The molecule has 0 radical (unpaired) electrons. The third kappa shape index (κ3) is 4.78. The summed E-state index contributed by atoms with van der Waals surface area (Å²) in [6, 6.07) is 0. The fourth-order valence-electron chi connectivity index (χ4n) is 0.534. The second kappa shape index (κ2) is 5.64. The Bertz CT molecular complexity index is 267. The predicted molar refractivity (Wildman–Crippen MR) is 43.1 cm³/mol. The molecule has 0 N–H and O–H groups in total. The molecule has 0 saturated heterocycles. The van der Waals surface area contributed by atoms with Gasteiger partial charge in [0.1, 0.15) is 0 Å². The monoisotopic (exact) mass is 252 g/mol. The molecule has 9 heteroatoms. The normalized spacial score (nSPS) is 13.5. The zero-order valence-electron chi connectivity index (χ0n) is 8.07. The maximum absolute atomic E-state index is 11.9. The van der Waals surface area contributed by atoms with Crippen molar-refractivity contribution < 1.29 is 35.2 Å². The Balaban J connectivity index is 4.53. The second-order valence-corrected chi connectivity index (χ2v) is 3.76. The Labute approximate surface area is 85.2 Å². The van der Waals surface area contributed by atoms with Crippen LogP contribution in [0.15, 0.2) is 0 Å². The minimum absolute atomic E-state index is 0.0436. The highest BCUT2D eigenvalue weighted by Gasteiger charge is 2.49. The summed E-state index contributed by atoms with van der Waals surface area (Å²) >= 11 is 0. The van der Waals surface area contributed by atoms with E-state index in [0.29, 0.717) is 0 Å². The van der Waals surface area contributed by atoms with Crippen LogP contribution in [0.4, 0.5) is 13.2 Å². The Kier molecular flexibility index (Phi) is 5.49. The molecule has 15 heavy (non-hydrogen) atoms. The van der Waals surface area contributed by atoms with Gasteiger partial charge in [0.2, 0.25) is 0 Å². The van der Waals surface area contributed by atoms with E-state index < -0.39 is 22.1 Å². The smallest absolute Gasteiger partial charge is 0.329 e. The summed E-state index contributed by atoms with van der Waals surface area (Å²) in [5.74, 6) is 0. The van der Waals surface area contributed by atoms with E-state index in [4.69, 9.17) is 0 Å². The molecule has 0 aromatic carbocycles. The van der Waals surface area contributed by atoms with Crippen LogP contribution in [-0.4, -0.2) is 33.6 Å². The first-order valence-electron chi connectivity index (χ1n) is 3.97. The maximum Gasteiger partial charge on any atom is 0.523 e. The molecule has 5 nitrogen and oxygen atoms in total. The average Bonchev–Trinajstić information content (AvgIpc) is 2.02. The van der Waals surface area contributed by atoms with Crippen LogP contribution in [0, 0.1) is 0 Å². The first-order chi connectivity index (χ1) is 6.74. The summed E-state index contributed by atoms with van der Waals surface area (Å²) in [5.41, 5.74) is -5.49. The zero-order valence-corrected chi connectivity index (χ0v) is 8.89. The van der Waals surface area contributed by atoms with Crippen molar-refractivity contribution in [3.8, 4) is 0 Å². The first-order valence-corrected chi connectivity index (χ1v) is 5.38. The van der Waals surface area contributed by atoms with Crippen LogP contribution in [0.2, 0.25) is 0 Å². The summed E-state index contributed by atoms with van der Waals surface area (Å²) in [5, 5.41) is 0. The molecule has 0 spiro atoms. The van der Waals surface area contributed by atoms with Gasteiger partial charge in [-0.1, -0.05) is 0 Å². The number of hydrogen-bond acceptors (Lipinski definition) is 5. The van der Waals surface area contributed by atoms with Gasteiger partial charge in [0, 0.05) is 13.2 Å². The predicted octanol–water partition coefficient (Wildman–Crippen LogP) is 1.21. The van der Waals surface area contributed by atoms with Gasteiger partial charge in [-0.05, 0) is 13.8 Å². The SMILES string of the molecule is CCOC(OCC)OS(=O)(=O)C(F)(F)F. The molecule has 0 aliphatic carbocycles. The second-order valence-electron chi connectivity index (χ2n) is 2.20. The van der Waals surface area contributed by atoms with Gasteiger partial charge in [-0.3, -0.25) is 0 Å². The molecule has 0 saturated carbocycles. The molecule has 0 heterocycles. The van der Waals surface area contributed by atoms with E-state index in [1.165, 1.54) is 13.8 Å². The molecule has 0 aliphatic rings. The van der Waals surface area contributed by atoms with Gasteiger partial charge in [0.15, 0.2) is 0 Å². The lowest BCUT2D eigenvalue weighted by atomic mass is 10.8. The fraction of sp³-hybridized carbons (Fsp3) is 1.00. The Morgan fingerprint density at radius 2 is 1.53 bits per heavy atom.